The molecule has 0 bridgehead atoms. The molecule has 0 aliphatic carbocycles. The first-order valence-electron chi connectivity index (χ1n) is 7.39. The van der Waals surface area contributed by atoms with Crippen LogP contribution in [0.4, 0.5) is 0 Å². The highest BCUT2D eigenvalue weighted by atomic mass is 16.5. The van der Waals surface area contributed by atoms with Gasteiger partial charge in [-0.3, -0.25) is 20.4 Å². The van der Waals surface area contributed by atoms with Crippen LogP contribution in [0.1, 0.15) is 19.8 Å². The molecule has 2 N–H and O–H groups in total. The number of fused-ring (bicyclic) bond motifs is 1. The smallest absolute Gasteiger partial charge is 0.279 e. The number of ether oxygens (including phenoxy) is 1. The van der Waals surface area contributed by atoms with Gasteiger partial charge < -0.3 is 14.6 Å². The lowest BCUT2D eigenvalue weighted by Crippen LogP contribution is -2.47. The predicted molar refractivity (Wildman–Crippen MR) is 84.6 cm³/mol. The van der Waals surface area contributed by atoms with Crippen LogP contribution in [0.5, 0.6) is 5.75 Å². The van der Waals surface area contributed by atoms with Crippen molar-refractivity contribution in [3.8, 4) is 5.75 Å². The predicted octanol–water partition coefficient (Wildman–Crippen LogP) is 0.285. The maximum absolute atomic E-state index is 11.9. The number of hydrogen-bond donors (Lipinski definition) is 2. The van der Waals surface area contributed by atoms with E-state index in [4.69, 9.17) is 4.74 Å². The summed E-state index contributed by atoms with van der Waals surface area (Å²) in [5.41, 5.74) is 4.31. The van der Waals surface area contributed by atoms with Crippen LogP contribution in [0, 0.1) is 0 Å². The largest absolute Gasteiger partial charge is 0.550 e. The van der Waals surface area contributed by atoms with Crippen molar-refractivity contribution >= 4 is 28.6 Å². The minimum atomic E-state index is -1.33. The monoisotopic (exact) mass is 329 g/mol. The van der Waals surface area contributed by atoms with Gasteiger partial charge in [0.15, 0.2) is 6.10 Å². The second-order valence-electron chi connectivity index (χ2n) is 5.18. The Labute approximate surface area is 138 Å². The third kappa shape index (κ3) is 4.98. The molecule has 7 nitrogen and oxygen atoms in total. The van der Waals surface area contributed by atoms with Gasteiger partial charge in [-0.2, -0.15) is 0 Å². The zero-order chi connectivity index (χ0) is 17.5. The van der Waals surface area contributed by atoms with E-state index in [1.165, 1.54) is 6.92 Å². The molecule has 2 aromatic rings. The maximum atomic E-state index is 11.9. The first-order chi connectivity index (χ1) is 11.5. The lowest BCUT2D eigenvalue weighted by molar-refractivity contribution is -0.305. The Bertz CT molecular complexity index is 759. The molecule has 0 spiro atoms. The van der Waals surface area contributed by atoms with Crippen LogP contribution in [-0.4, -0.2) is 23.9 Å². The van der Waals surface area contributed by atoms with Crippen LogP contribution in [0.3, 0.4) is 0 Å². The van der Waals surface area contributed by atoms with E-state index in [0.717, 1.165) is 10.8 Å². The Morgan fingerprint density at radius 3 is 2.46 bits per heavy atom. The SMILES string of the molecule is C[C@H](Oc1ccc2ccccc2c1)C(=O)NNC(=O)CCC(=O)[O-]. The van der Waals surface area contributed by atoms with Gasteiger partial charge in [0.25, 0.3) is 5.91 Å². The molecule has 0 saturated heterocycles. The van der Waals surface area contributed by atoms with E-state index in [2.05, 4.69) is 10.9 Å². The van der Waals surface area contributed by atoms with Gasteiger partial charge in [-0.15, -0.1) is 0 Å². The molecule has 0 radical (unpaired) electrons. The van der Waals surface area contributed by atoms with E-state index in [-0.39, 0.29) is 6.42 Å². The number of carbonyl (C=O) groups excluding carboxylic acids is 3. The van der Waals surface area contributed by atoms with Gasteiger partial charge in [0, 0.05) is 12.4 Å². The van der Waals surface area contributed by atoms with Crippen LogP contribution < -0.4 is 20.7 Å². The van der Waals surface area contributed by atoms with Gasteiger partial charge in [0.05, 0.1) is 0 Å². The molecule has 2 amide bonds. The molecule has 0 aromatic heterocycles. The Hall–Kier alpha value is -3.09. The van der Waals surface area contributed by atoms with E-state index < -0.39 is 30.3 Å². The summed E-state index contributed by atoms with van der Waals surface area (Å²) in [5.74, 6) is -1.97. The second-order valence-corrected chi connectivity index (χ2v) is 5.18. The third-order valence-electron chi connectivity index (χ3n) is 3.28. The number of nitrogens with one attached hydrogen (secondary N) is 2. The van der Waals surface area contributed by atoms with Crippen molar-refractivity contribution in [2.75, 3.05) is 0 Å². The molecule has 2 aromatic carbocycles. The van der Waals surface area contributed by atoms with Crippen molar-refractivity contribution in [2.24, 2.45) is 0 Å². The lowest BCUT2D eigenvalue weighted by Gasteiger charge is -2.15. The average molecular weight is 329 g/mol. The van der Waals surface area contributed by atoms with E-state index in [9.17, 15) is 19.5 Å². The first-order valence-corrected chi connectivity index (χ1v) is 7.39. The fraction of sp³-hybridized carbons (Fsp3) is 0.235. The summed E-state index contributed by atoms with van der Waals surface area (Å²) in [5, 5.41) is 12.3. The highest BCUT2D eigenvalue weighted by Gasteiger charge is 2.15. The number of rotatable bonds is 6. The molecular weight excluding hydrogens is 312 g/mol. The van der Waals surface area contributed by atoms with E-state index in [0.29, 0.717) is 5.75 Å². The van der Waals surface area contributed by atoms with Gasteiger partial charge >= 0.3 is 0 Å². The number of carboxylic acid groups (broad SMARTS) is 1. The number of amides is 2. The number of carboxylic acids is 1. The summed E-state index contributed by atoms with van der Waals surface area (Å²) in [4.78, 5) is 33.4. The number of hydrazine groups is 1. The number of aliphatic carboxylic acids is 1. The normalized spacial score (nSPS) is 11.5. The van der Waals surface area contributed by atoms with Crippen LogP contribution in [0.2, 0.25) is 0 Å². The molecule has 1 atom stereocenters. The number of carbonyl (C=O) groups is 3. The van der Waals surface area contributed by atoms with E-state index in [1.54, 1.807) is 6.07 Å². The van der Waals surface area contributed by atoms with E-state index >= 15 is 0 Å². The van der Waals surface area contributed by atoms with Crippen molar-refractivity contribution in [3.63, 3.8) is 0 Å². The fourth-order valence-electron chi connectivity index (χ4n) is 2.01. The van der Waals surface area contributed by atoms with Crippen LogP contribution in [-0.2, 0) is 14.4 Å². The highest BCUT2D eigenvalue weighted by molar-refractivity contribution is 5.86. The molecule has 24 heavy (non-hydrogen) atoms. The molecule has 0 saturated carbocycles. The molecule has 7 heteroatoms. The molecule has 0 fully saturated rings. The maximum Gasteiger partial charge on any atom is 0.279 e. The summed E-state index contributed by atoms with van der Waals surface area (Å²) >= 11 is 0. The van der Waals surface area contributed by atoms with Gasteiger partial charge in [-0.1, -0.05) is 30.3 Å². The summed E-state index contributed by atoms with van der Waals surface area (Å²) in [6.45, 7) is 1.54. The minimum absolute atomic E-state index is 0.275. The van der Waals surface area contributed by atoms with E-state index in [1.807, 2.05) is 36.4 Å². The van der Waals surface area contributed by atoms with Gasteiger partial charge in [0.2, 0.25) is 5.91 Å². The Morgan fingerprint density at radius 2 is 1.75 bits per heavy atom. The van der Waals surface area contributed by atoms with Crippen LogP contribution in [0.25, 0.3) is 10.8 Å². The second kappa shape index (κ2) is 7.96. The number of benzene rings is 2. The van der Waals surface area contributed by atoms with Crippen molar-refractivity contribution < 1.29 is 24.2 Å². The van der Waals surface area contributed by atoms with Gasteiger partial charge in [-0.25, -0.2) is 0 Å². The van der Waals surface area contributed by atoms with Crippen molar-refractivity contribution in [3.05, 3.63) is 42.5 Å². The lowest BCUT2D eigenvalue weighted by atomic mass is 10.1. The summed E-state index contributed by atoms with van der Waals surface area (Å²) in [6, 6.07) is 13.2. The third-order valence-corrected chi connectivity index (χ3v) is 3.28. The zero-order valence-corrected chi connectivity index (χ0v) is 13.1. The quantitative estimate of drug-likeness (QED) is 0.740. The Morgan fingerprint density at radius 1 is 1.04 bits per heavy atom. The summed E-state index contributed by atoms with van der Waals surface area (Å²) in [7, 11) is 0. The standard InChI is InChI=1S/C17H18N2O5/c1-11(17(23)19-18-15(20)8-9-16(21)22)24-14-7-6-12-4-2-3-5-13(12)10-14/h2-7,10-11H,8-9H2,1H3,(H,18,20)(H,19,23)(H,21,22)/p-1/t11-/m0/s1. The molecule has 0 aliphatic heterocycles. The highest BCUT2D eigenvalue weighted by Crippen LogP contribution is 2.21. The molecular formula is C17H17N2O5-. The molecule has 0 unspecified atom stereocenters. The zero-order valence-electron chi connectivity index (χ0n) is 13.1. The fourth-order valence-corrected chi connectivity index (χ4v) is 2.01. The molecule has 0 aliphatic rings. The van der Waals surface area contributed by atoms with Crippen molar-refractivity contribution in [1.82, 2.24) is 10.9 Å². The Kier molecular flexibility index (Phi) is 5.73. The van der Waals surface area contributed by atoms with Crippen LogP contribution >= 0.6 is 0 Å². The van der Waals surface area contributed by atoms with Gasteiger partial charge in [0.1, 0.15) is 5.75 Å². The molecule has 2 rings (SSSR count). The average Bonchev–Trinajstić information content (AvgIpc) is 2.57. The summed E-state index contributed by atoms with van der Waals surface area (Å²) in [6.07, 6.45) is -1.53. The summed E-state index contributed by atoms with van der Waals surface area (Å²) < 4.78 is 5.55. The molecule has 126 valence electrons. The topological polar surface area (TPSA) is 108 Å². The minimum Gasteiger partial charge on any atom is -0.550 e. The Balaban J connectivity index is 1.86. The molecule has 0 heterocycles. The van der Waals surface area contributed by atoms with Gasteiger partial charge in [-0.05, 0) is 36.2 Å². The van der Waals surface area contributed by atoms with Crippen molar-refractivity contribution in [2.45, 2.75) is 25.9 Å². The first kappa shape index (κ1) is 17.3. The number of hydrogen-bond acceptors (Lipinski definition) is 5. The van der Waals surface area contributed by atoms with Crippen molar-refractivity contribution in [1.29, 1.82) is 0 Å². The van der Waals surface area contributed by atoms with Crippen LogP contribution in [0.15, 0.2) is 42.5 Å².